The highest BCUT2D eigenvalue weighted by atomic mass is 15.2. The highest BCUT2D eigenvalue weighted by molar-refractivity contribution is 5.67. The van der Waals surface area contributed by atoms with Gasteiger partial charge in [-0.05, 0) is 74.7 Å². The van der Waals surface area contributed by atoms with Crippen LogP contribution in [0.1, 0.15) is 44.9 Å². The van der Waals surface area contributed by atoms with Gasteiger partial charge in [0, 0.05) is 43.6 Å². The Kier molecular flexibility index (Phi) is 4.47. The number of nitrogens with zero attached hydrogens (tertiary/aromatic N) is 4. The quantitative estimate of drug-likeness (QED) is 0.810. The Labute approximate surface area is 163 Å². The molecule has 0 unspecified atom stereocenters. The third-order valence-corrected chi connectivity index (χ3v) is 7.52. The molecule has 2 aromatic rings. The molecule has 27 heavy (non-hydrogen) atoms. The Morgan fingerprint density at radius 3 is 2.33 bits per heavy atom. The molecule has 4 heteroatoms. The van der Waals surface area contributed by atoms with Crippen molar-refractivity contribution in [2.24, 2.45) is 12.5 Å². The summed E-state index contributed by atoms with van der Waals surface area (Å²) in [5.74, 6) is 0. The van der Waals surface area contributed by atoms with Gasteiger partial charge in [-0.1, -0.05) is 18.6 Å². The molecule has 1 aromatic heterocycles. The third-order valence-electron chi connectivity index (χ3n) is 7.52. The lowest BCUT2D eigenvalue weighted by molar-refractivity contribution is 0.0306. The van der Waals surface area contributed by atoms with Gasteiger partial charge in [-0.3, -0.25) is 4.68 Å². The first kappa shape index (κ1) is 17.3. The van der Waals surface area contributed by atoms with Crippen molar-refractivity contribution in [2.75, 3.05) is 31.1 Å². The largest absolute Gasteiger partial charge is 0.371 e. The van der Waals surface area contributed by atoms with Crippen LogP contribution in [0.3, 0.4) is 0 Å². The van der Waals surface area contributed by atoms with Crippen molar-refractivity contribution in [1.82, 2.24) is 14.7 Å². The minimum Gasteiger partial charge on any atom is -0.371 e. The van der Waals surface area contributed by atoms with E-state index in [4.69, 9.17) is 0 Å². The Morgan fingerprint density at radius 2 is 1.70 bits per heavy atom. The minimum absolute atomic E-state index is 0.623. The number of aryl methyl sites for hydroxylation is 1. The molecule has 3 fully saturated rings. The molecule has 3 aliphatic rings. The van der Waals surface area contributed by atoms with E-state index in [1.54, 1.807) is 0 Å². The predicted molar refractivity (Wildman–Crippen MR) is 111 cm³/mol. The van der Waals surface area contributed by atoms with Crippen molar-refractivity contribution in [3.05, 3.63) is 36.7 Å². The maximum Gasteiger partial charge on any atom is 0.0568 e. The summed E-state index contributed by atoms with van der Waals surface area (Å²) in [5.41, 5.74) is 4.47. The summed E-state index contributed by atoms with van der Waals surface area (Å²) in [6.45, 7) is 5.11. The Hall–Kier alpha value is -1.81. The van der Waals surface area contributed by atoms with Crippen LogP contribution in [0.15, 0.2) is 36.7 Å². The molecule has 1 spiro atoms. The number of aromatic nitrogens is 2. The lowest BCUT2D eigenvalue weighted by Gasteiger charge is -2.50. The van der Waals surface area contributed by atoms with E-state index < -0.39 is 0 Å². The normalized spacial score (nSPS) is 23.5. The van der Waals surface area contributed by atoms with Crippen molar-refractivity contribution in [2.45, 2.75) is 51.0 Å². The van der Waals surface area contributed by atoms with Gasteiger partial charge in [0.05, 0.1) is 6.20 Å². The SMILES string of the molecule is Cn1cc(-c2cccc(N3CCC4(CC3)CCN(C3CCC3)CC4)c2)cn1. The van der Waals surface area contributed by atoms with E-state index in [9.17, 15) is 0 Å². The molecule has 4 nitrogen and oxygen atoms in total. The molecule has 3 heterocycles. The number of rotatable bonds is 3. The first-order chi connectivity index (χ1) is 13.2. The van der Waals surface area contributed by atoms with Gasteiger partial charge in [-0.2, -0.15) is 5.10 Å². The van der Waals surface area contributed by atoms with Gasteiger partial charge in [0.1, 0.15) is 0 Å². The predicted octanol–water partition coefficient (Wildman–Crippen LogP) is 4.32. The molecule has 1 saturated carbocycles. The molecular weight excluding hydrogens is 332 g/mol. The molecule has 2 aliphatic heterocycles. The molecule has 1 aliphatic carbocycles. The van der Waals surface area contributed by atoms with E-state index in [1.807, 2.05) is 17.9 Å². The molecule has 1 aromatic carbocycles. The Bertz CT molecular complexity index is 773. The fourth-order valence-corrected chi connectivity index (χ4v) is 5.31. The summed E-state index contributed by atoms with van der Waals surface area (Å²) in [6.07, 6.45) is 14.0. The van der Waals surface area contributed by atoms with E-state index >= 15 is 0 Å². The number of benzene rings is 1. The number of hydrogen-bond acceptors (Lipinski definition) is 3. The number of piperidine rings is 2. The van der Waals surface area contributed by atoms with Gasteiger partial charge in [-0.25, -0.2) is 0 Å². The molecule has 0 radical (unpaired) electrons. The van der Waals surface area contributed by atoms with Crippen LogP contribution < -0.4 is 4.90 Å². The maximum absolute atomic E-state index is 4.32. The fourth-order valence-electron chi connectivity index (χ4n) is 5.31. The average molecular weight is 365 g/mol. The summed E-state index contributed by atoms with van der Waals surface area (Å²) in [5, 5.41) is 4.32. The molecule has 2 saturated heterocycles. The fraction of sp³-hybridized carbons (Fsp3) is 0.609. The monoisotopic (exact) mass is 364 g/mol. The summed E-state index contributed by atoms with van der Waals surface area (Å²) in [7, 11) is 1.98. The molecule has 0 N–H and O–H groups in total. The summed E-state index contributed by atoms with van der Waals surface area (Å²) < 4.78 is 1.88. The molecule has 0 bridgehead atoms. The third kappa shape index (κ3) is 3.40. The van der Waals surface area contributed by atoms with Crippen molar-refractivity contribution in [3.63, 3.8) is 0 Å². The van der Waals surface area contributed by atoms with E-state index in [1.165, 1.54) is 87.9 Å². The van der Waals surface area contributed by atoms with E-state index in [0.29, 0.717) is 5.41 Å². The van der Waals surface area contributed by atoms with Crippen LogP contribution in [0.5, 0.6) is 0 Å². The highest BCUT2D eigenvalue weighted by Gasteiger charge is 2.39. The first-order valence-electron chi connectivity index (χ1n) is 10.8. The van der Waals surface area contributed by atoms with Gasteiger partial charge in [0.15, 0.2) is 0 Å². The van der Waals surface area contributed by atoms with Crippen LogP contribution in [0.4, 0.5) is 5.69 Å². The molecular formula is C23H32N4. The number of likely N-dealkylation sites (tertiary alicyclic amines) is 1. The Morgan fingerprint density at radius 1 is 0.963 bits per heavy atom. The summed E-state index contributed by atoms with van der Waals surface area (Å²) in [6, 6.07) is 9.93. The Balaban J connectivity index is 1.22. The van der Waals surface area contributed by atoms with E-state index in [0.717, 1.165) is 6.04 Å². The molecule has 0 amide bonds. The van der Waals surface area contributed by atoms with Crippen molar-refractivity contribution in [3.8, 4) is 11.1 Å². The van der Waals surface area contributed by atoms with Crippen molar-refractivity contribution in [1.29, 1.82) is 0 Å². The summed E-state index contributed by atoms with van der Waals surface area (Å²) >= 11 is 0. The molecule has 144 valence electrons. The van der Waals surface area contributed by atoms with Gasteiger partial charge in [0.2, 0.25) is 0 Å². The lowest BCUT2D eigenvalue weighted by Crippen LogP contribution is -2.50. The van der Waals surface area contributed by atoms with Crippen LogP contribution in [-0.2, 0) is 7.05 Å². The smallest absolute Gasteiger partial charge is 0.0568 e. The molecule has 0 atom stereocenters. The zero-order valence-corrected chi connectivity index (χ0v) is 16.6. The standard InChI is InChI=1S/C23H32N4/c1-25-18-20(17-24-25)19-4-2-7-22(16-19)27-14-10-23(11-15-27)8-12-26(13-9-23)21-5-3-6-21/h2,4,7,16-18,21H,3,5-6,8-15H2,1H3. The van der Waals surface area contributed by atoms with Crippen LogP contribution in [-0.4, -0.2) is 46.9 Å². The second kappa shape index (κ2) is 6.97. The van der Waals surface area contributed by atoms with Crippen LogP contribution in [0.2, 0.25) is 0 Å². The maximum atomic E-state index is 4.32. The zero-order chi connectivity index (χ0) is 18.3. The van der Waals surface area contributed by atoms with E-state index in [2.05, 4.69) is 45.4 Å². The van der Waals surface area contributed by atoms with Crippen LogP contribution >= 0.6 is 0 Å². The number of hydrogen-bond donors (Lipinski definition) is 0. The lowest BCUT2D eigenvalue weighted by atomic mass is 9.70. The van der Waals surface area contributed by atoms with Gasteiger partial charge >= 0.3 is 0 Å². The topological polar surface area (TPSA) is 24.3 Å². The number of anilines is 1. The van der Waals surface area contributed by atoms with Gasteiger partial charge in [-0.15, -0.1) is 0 Å². The molecule has 5 rings (SSSR count). The average Bonchev–Trinajstić information content (AvgIpc) is 3.10. The van der Waals surface area contributed by atoms with E-state index in [-0.39, 0.29) is 0 Å². The van der Waals surface area contributed by atoms with Crippen LogP contribution in [0.25, 0.3) is 11.1 Å². The van der Waals surface area contributed by atoms with Crippen molar-refractivity contribution < 1.29 is 0 Å². The second-order valence-corrected chi connectivity index (χ2v) is 9.06. The van der Waals surface area contributed by atoms with Gasteiger partial charge in [0.25, 0.3) is 0 Å². The minimum atomic E-state index is 0.623. The second-order valence-electron chi connectivity index (χ2n) is 9.06. The summed E-state index contributed by atoms with van der Waals surface area (Å²) in [4.78, 5) is 5.39. The van der Waals surface area contributed by atoms with Crippen LogP contribution in [0, 0.1) is 5.41 Å². The van der Waals surface area contributed by atoms with Gasteiger partial charge < -0.3 is 9.80 Å². The van der Waals surface area contributed by atoms with Crippen molar-refractivity contribution >= 4 is 5.69 Å². The zero-order valence-electron chi connectivity index (χ0n) is 16.6. The first-order valence-corrected chi connectivity index (χ1v) is 10.8. The highest BCUT2D eigenvalue weighted by Crippen LogP contribution is 2.43.